The maximum Gasteiger partial charge on any atom is 0.262 e. The van der Waals surface area contributed by atoms with Crippen LogP contribution in [-0.4, -0.2) is 46.3 Å². The highest BCUT2D eigenvalue weighted by molar-refractivity contribution is 8.15. The fraction of sp³-hybridized carbons (Fsp3) is 0.214. The second kappa shape index (κ2) is 11.2. The Balaban J connectivity index is 1.33. The van der Waals surface area contributed by atoms with Crippen LogP contribution < -0.4 is 10.1 Å². The van der Waals surface area contributed by atoms with Gasteiger partial charge in [0.15, 0.2) is 5.17 Å². The molecule has 0 unspecified atom stereocenters. The highest BCUT2D eigenvalue weighted by Crippen LogP contribution is 2.38. The average molecular weight is 531 g/mol. The van der Waals surface area contributed by atoms with Gasteiger partial charge in [-0.1, -0.05) is 48.2 Å². The number of nitrogens with zero attached hydrogens (tertiary/aromatic N) is 3. The number of methoxy groups -OCH3 is 1. The fourth-order valence-electron chi connectivity index (χ4n) is 4.27. The normalized spacial score (nSPS) is 19.0. The lowest BCUT2D eigenvalue weighted by atomic mass is 9.98. The van der Waals surface area contributed by atoms with Crippen LogP contribution in [-0.2, 0) is 9.59 Å². The number of benzene rings is 3. The van der Waals surface area contributed by atoms with Crippen molar-refractivity contribution >= 4 is 51.9 Å². The molecule has 1 N–H and O–H groups in total. The quantitative estimate of drug-likeness (QED) is 0.401. The third kappa shape index (κ3) is 5.73. The monoisotopic (exact) mass is 530 g/mol. The van der Waals surface area contributed by atoms with E-state index in [9.17, 15) is 9.59 Å². The van der Waals surface area contributed by atoms with Crippen molar-refractivity contribution in [3.05, 3.63) is 90.0 Å². The van der Waals surface area contributed by atoms with E-state index in [1.165, 1.54) is 11.8 Å². The van der Waals surface area contributed by atoms with Gasteiger partial charge >= 0.3 is 0 Å². The van der Waals surface area contributed by atoms with E-state index in [4.69, 9.17) is 9.84 Å². The second-order valence-electron chi connectivity index (χ2n) is 8.57. The van der Waals surface area contributed by atoms with E-state index in [1.54, 1.807) is 18.9 Å². The number of aliphatic imine (C=N–C) groups is 1. The Morgan fingerprint density at radius 2 is 1.89 bits per heavy atom. The van der Waals surface area contributed by atoms with Gasteiger partial charge < -0.3 is 10.1 Å². The first-order chi connectivity index (χ1) is 18.0. The first-order valence-corrected chi connectivity index (χ1v) is 13.9. The molecule has 0 spiro atoms. The van der Waals surface area contributed by atoms with E-state index in [0.29, 0.717) is 17.3 Å². The van der Waals surface area contributed by atoms with Crippen molar-refractivity contribution in [2.24, 2.45) is 10.1 Å². The van der Waals surface area contributed by atoms with Crippen molar-refractivity contribution < 1.29 is 14.3 Å². The third-order valence-electron chi connectivity index (χ3n) is 6.17. The van der Waals surface area contributed by atoms with Gasteiger partial charge in [-0.15, -0.1) is 11.8 Å². The topological polar surface area (TPSA) is 83.4 Å². The Morgan fingerprint density at radius 3 is 2.62 bits per heavy atom. The summed E-state index contributed by atoms with van der Waals surface area (Å²) in [6, 6.07) is 25.4. The Labute approximate surface area is 224 Å². The van der Waals surface area contributed by atoms with E-state index < -0.39 is 5.25 Å². The second-order valence-corrected chi connectivity index (χ2v) is 10.6. The van der Waals surface area contributed by atoms with Gasteiger partial charge in [0.25, 0.3) is 5.91 Å². The predicted octanol–water partition coefficient (Wildman–Crippen LogP) is 5.60. The summed E-state index contributed by atoms with van der Waals surface area (Å²) in [7, 11) is 1.64. The molecule has 0 aromatic heterocycles. The molecule has 0 saturated heterocycles. The molecule has 2 aliphatic heterocycles. The van der Waals surface area contributed by atoms with Crippen LogP contribution in [0, 0.1) is 0 Å². The summed E-state index contributed by atoms with van der Waals surface area (Å²) in [5.41, 5.74) is 3.69. The fourth-order valence-corrected chi connectivity index (χ4v) is 5.79. The van der Waals surface area contributed by atoms with Crippen LogP contribution in [0.4, 0.5) is 5.69 Å². The molecule has 0 saturated carbocycles. The summed E-state index contributed by atoms with van der Waals surface area (Å²) >= 11 is 2.90. The van der Waals surface area contributed by atoms with E-state index in [1.807, 2.05) is 78.0 Å². The van der Waals surface area contributed by atoms with Crippen molar-refractivity contribution in [2.45, 2.75) is 29.0 Å². The largest absolute Gasteiger partial charge is 0.497 e. The van der Waals surface area contributed by atoms with E-state index in [0.717, 1.165) is 27.5 Å². The summed E-state index contributed by atoms with van der Waals surface area (Å²) in [6.07, 6.45) is 2.69. The summed E-state index contributed by atoms with van der Waals surface area (Å²) in [5.74, 6) is 0.248. The van der Waals surface area contributed by atoms with Crippen LogP contribution >= 0.6 is 23.5 Å². The number of hydrogen-bond donors (Lipinski definition) is 1. The van der Waals surface area contributed by atoms with E-state index in [2.05, 4.69) is 22.4 Å². The van der Waals surface area contributed by atoms with Crippen molar-refractivity contribution in [3.8, 4) is 5.75 Å². The SMILES string of the molecule is COc1ccc(C2=NN(C3=NC(=O)[C@@H](CC(=O)Nc4cccc(SC)c4)S3)[C@@H](c3ccccc3)C2)cc1. The van der Waals surface area contributed by atoms with Gasteiger partial charge in [0.05, 0.1) is 18.9 Å². The lowest BCUT2D eigenvalue weighted by Gasteiger charge is -2.23. The van der Waals surface area contributed by atoms with Gasteiger partial charge in [-0.2, -0.15) is 10.1 Å². The number of rotatable bonds is 7. The van der Waals surface area contributed by atoms with Crippen LogP contribution in [0.2, 0.25) is 0 Å². The first-order valence-electron chi connectivity index (χ1n) is 11.8. The van der Waals surface area contributed by atoms with Crippen LogP contribution in [0.3, 0.4) is 0 Å². The van der Waals surface area contributed by atoms with E-state index in [-0.39, 0.29) is 24.3 Å². The minimum absolute atomic E-state index is 0.0406. The molecule has 0 radical (unpaired) electrons. The summed E-state index contributed by atoms with van der Waals surface area (Å²) in [5, 5.41) is 9.55. The Bertz CT molecular complexity index is 1360. The number of amidine groups is 1. The minimum Gasteiger partial charge on any atom is -0.497 e. The summed E-state index contributed by atoms with van der Waals surface area (Å²) in [6.45, 7) is 0. The lowest BCUT2D eigenvalue weighted by Crippen LogP contribution is -2.25. The number of carbonyl (C=O) groups is 2. The molecule has 37 heavy (non-hydrogen) atoms. The van der Waals surface area contributed by atoms with Crippen LogP contribution in [0.15, 0.2) is 93.9 Å². The molecule has 188 valence electrons. The molecular formula is C28H26N4O3S2. The Hall–Kier alpha value is -3.56. The number of carbonyl (C=O) groups excluding carboxylic acids is 2. The number of nitrogens with one attached hydrogen (secondary N) is 1. The predicted molar refractivity (Wildman–Crippen MR) is 150 cm³/mol. The maximum atomic E-state index is 12.8. The van der Waals surface area contributed by atoms with Gasteiger partial charge in [0.1, 0.15) is 11.0 Å². The smallest absolute Gasteiger partial charge is 0.262 e. The zero-order valence-electron chi connectivity index (χ0n) is 20.5. The summed E-state index contributed by atoms with van der Waals surface area (Å²) in [4.78, 5) is 30.9. The number of thioether (sulfide) groups is 2. The average Bonchev–Trinajstić information content (AvgIpc) is 3.53. The molecule has 3 aromatic carbocycles. The standard InChI is InChI=1S/C28H26N4O3S2/c1-35-21-13-11-18(12-14-21)23-16-24(19-7-4-3-5-8-19)32(31-23)28-30-27(34)25(37-28)17-26(33)29-20-9-6-10-22(15-20)36-2/h3-15,24-25H,16-17H2,1-2H3,(H,29,33)/t24-,25-/m1/s1. The van der Waals surface area contributed by atoms with Gasteiger partial charge in [-0.3, -0.25) is 9.59 Å². The van der Waals surface area contributed by atoms with Gasteiger partial charge in [-0.25, -0.2) is 5.01 Å². The molecule has 2 heterocycles. The molecule has 2 atom stereocenters. The van der Waals surface area contributed by atoms with Crippen molar-refractivity contribution in [2.75, 3.05) is 18.7 Å². The van der Waals surface area contributed by atoms with Crippen LogP contribution in [0.5, 0.6) is 5.75 Å². The van der Waals surface area contributed by atoms with Crippen LogP contribution in [0.1, 0.15) is 30.0 Å². The summed E-state index contributed by atoms with van der Waals surface area (Å²) < 4.78 is 5.28. The molecule has 0 fully saturated rings. The minimum atomic E-state index is -0.588. The van der Waals surface area contributed by atoms with Crippen LogP contribution in [0.25, 0.3) is 0 Å². The first kappa shape index (κ1) is 25.1. The number of amides is 2. The van der Waals surface area contributed by atoms with Crippen molar-refractivity contribution in [1.82, 2.24) is 5.01 Å². The molecule has 5 rings (SSSR count). The van der Waals surface area contributed by atoms with Gasteiger partial charge in [0.2, 0.25) is 5.91 Å². The zero-order chi connectivity index (χ0) is 25.8. The number of anilines is 1. The highest BCUT2D eigenvalue weighted by Gasteiger charge is 2.39. The molecule has 3 aromatic rings. The third-order valence-corrected chi connectivity index (χ3v) is 8.03. The molecule has 7 nitrogen and oxygen atoms in total. The molecule has 2 amide bonds. The highest BCUT2D eigenvalue weighted by atomic mass is 32.2. The molecular weight excluding hydrogens is 504 g/mol. The lowest BCUT2D eigenvalue weighted by molar-refractivity contribution is -0.121. The zero-order valence-corrected chi connectivity index (χ0v) is 22.1. The Kier molecular flexibility index (Phi) is 7.62. The number of ether oxygens (including phenoxy) is 1. The number of hydrogen-bond acceptors (Lipinski definition) is 7. The Morgan fingerprint density at radius 1 is 1.11 bits per heavy atom. The molecule has 0 bridgehead atoms. The number of hydrazone groups is 1. The molecule has 2 aliphatic rings. The van der Waals surface area contributed by atoms with Crippen molar-refractivity contribution in [1.29, 1.82) is 0 Å². The molecule has 9 heteroatoms. The maximum absolute atomic E-state index is 12.8. The van der Waals surface area contributed by atoms with Crippen molar-refractivity contribution in [3.63, 3.8) is 0 Å². The van der Waals surface area contributed by atoms with E-state index >= 15 is 0 Å². The van der Waals surface area contributed by atoms with Gasteiger partial charge in [-0.05, 0) is 59.8 Å². The molecule has 0 aliphatic carbocycles. The van der Waals surface area contributed by atoms with Gasteiger partial charge in [0, 0.05) is 23.4 Å².